The van der Waals surface area contributed by atoms with E-state index in [1.807, 2.05) is 0 Å². The van der Waals surface area contributed by atoms with E-state index >= 15 is 0 Å². The predicted molar refractivity (Wildman–Crippen MR) is 62.1 cm³/mol. The molecule has 4 nitrogen and oxygen atoms in total. The minimum Gasteiger partial charge on any atom is -0.399 e. The number of rotatable bonds is 2. The number of halogens is 3. The van der Waals surface area contributed by atoms with Crippen LogP contribution >= 0.6 is 11.3 Å². The van der Waals surface area contributed by atoms with Crippen molar-refractivity contribution in [3.05, 3.63) is 18.2 Å². The fraction of sp³-hybridized carbons (Fsp3) is 0.222. The minimum atomic E-state index is -4.78. The molecule has 9 heteroatoms. The third kappa shape index (κ3) is 2.72. The minimum absolute atomic E-state index is 0.315. The molecule has 1 aromatic heterocycles. The van der Waals surface area contributed by atoms with E-state index in [-0.39, 0.29) is 0 Å². The van der Waals surface area contributed by atoms with E-state index in [2.05, 4.69) is 4.98 Å². The summed E-state index contributed by atoms with van der Waals surface area (Å²) in [6, 6.07) is 4.44. The molecule has 0 unspecified atom stereocenters. The predicted octanol–water partition coefficient (Wildman–Crippen LogP) is 2.21. The van der Waals surface area contributed by atoms with Crippen molar-refractivity contribution in [1.29, 1.82) is 0 Å². The van der Waals surface area contributed by atoms with Crippen molar-refractivity contribution in [1.82, 2.24) is 4.98 Å². The van der Waals surface area contributed by atoms with Gasteiger partial charge in [0.1, 0.15) is 0 Å². The van der Waals surface area contributed by atoms with Gasteiger partial charge in [0, 0.05) is 5.69 Å². The highest BCUT2D eigenvalue weighted by molar-refractivity contribution is 7.93. The van der Waals surface area contributed by atoms with Crippen LogP contribution in [0.5, 0.6) is 0 Å². The summed E-state index contributed by atoms with van der Waals surface area (Å²) < 4.78 is 59.3. The Labute approximate surface area is 104 Å². The average molecular weight is 296 g/mol. The Balaban J connectivity index is 2.48. The molecular formula is C9H7F3N2O2S2. The maximum atomic E-state index is 12.1. The Kier molecular flexibility index (Phi) is 2.98. The first-order chi connectivity index (χ1) is 8.17. The van der Waals surface area contributed by atoms with E-state index in [0.717, 1.165) is 0 Å². The molecule has 0 aliphatic heterocycles. The smallest absolute Gasteiger partial charge is 0.399 e. The van der Waals surface area contributed by atoms with Gasteiger partial charge in [0.15, 0.2) is 5.75 Å². The number of nitrogen functional groups attached to an aromatic ring is 1. The maximum Gasteiger partial charge on any atom is 0.403 e. The van der Waals surface area contributed by atoms with Crippen molar-refractivity contribution in [3.63, 3.8) is 0 Å². The third-order valence-electron chi connectivity index (χ3n) is 2.01. The highest BCUT2D eigenvalue weighted by Gasteiger charge is 2.37. The highest BCUT2D eigenvalue weighted by atomic mass is 32.2. The van der Waals surface area contributed by atoms with Gasteiger partial charge >= 0.3 is 6.18 Å². The Hall–Kier alpha value is -1.35. The van der Waals surface area contributed by atoms with Gasteiger partial charge in [0.05, 0.1) is 10.2 Å². The van der Waals surface area contributed by atoms with Gasteiger partial charge in [-0.25, -0.2) is 13.4 Å². The molecule has 98 valence electrons. The van der Waals surface area contributed by atoms with Crippen molar-refractivity contribution in [3.8, 4) is 0 Å². The van der Waals surface area contributed by atoms with Crippen LogP contribution in [0.4, 0.5) is 18.9 Å². The summed E-state index contributed by atoms with van der Waals surface area (Å²) in [5.41, 5.74) is 6.20. The monoisotopic (exact) mass is 296 g/mol. The number of anilines is 1. The molecule has 0 fully saturated rings. The van der Waals surface area contributed by atoms with Crippen molar-refractivity contribution >= 4 is 37.1 Å². The van der Waals surface area contributed by atoms with Crippen molar-refractivity contribution in [2.45, 2.75) is 10.5 Å². The van der Waals surface area contributed by atoms with Crippen LogP contribution in [0.25, 0.3) is 10.2 Å². The number of thiazole rings is 1. The number of fused-ring (bicyclic) bond motifs is 1. The first kappa shape index (κ1) is 13.1. The van der Waals surface area contributed by atoms with Crippen LogP contribution in [0.15, 0.2) is 22.5 Å². The van der Waals surface area contributed by atoms with E-state index in [4.69, 9.17) is 5.73 Å². The van der Waals surface area contributed by atoms with Gasteiger partial charge in [-0.1, -0.05) is 0 Å². The van der Waals surface area contributed by atoms with E-state index in [1.54, 1.807) is 0 Å². The number of benzene rings is 1. The fourth-order valence-corrected chi connectivity index (χ4v) is 3.82. The van der Waals surface area contributed by atoms with Gasteiger partial charge < -0.3 is 5.73 Å². The Morgan fingerprint density at radius 3 is 2.61 bits per heavy atom. The zero-order chi connectivity index (χ0) is 13.6. The summed E-state index contributed by atoms with van der Waals surface area (Å²) in [5.74, 6) is -1.91. The third-order valence-corrected chi connectivity index (χ3v) is 5.17. The molecule has 1 aromatic carbocycles. The van der Waals surface area contributed by atoms with E-state index in [9.17, 15) is 21.6 Å². The quantitative estimate of drug-likeness (QED) is 0.862. The van der Waals surface area contributed by atoms with Gasteiger partial charge in [-0.15, -0.1) is 11.3 Å². The van der Waals surface area contributed by atoms with Crippen LogP contribution in [0.3, 0.4) is 0 Å². The Morgan fingerprint density at radius 1 is 1.33 bits per heavy atom. The molecule has 2 rings (SSSR count). The zero-order valence-corrected chi connectivity index (χ0v) is 10.4. The van der Waals surface area contributed by atoms with E-state index in [1.165, 1.54) is 18.2 Å². The lowest BCUT2D eigenvalue weighted by molar-refractivity contribution is -0.106. The number of nitrogens with two attached hydrogens (primary N) is 1. The molecule has 2 aromatic rings. The van der Waals surface area contributed by atoms with Crippen LogP contribution in [-0.2, 0) is 9.84 Å². The lowest BCUT2D eigenvalue weighted by Crippen LogP contribution is -2.22. The number of alkyl halides is 3. The van der Waals surface area contributed by atoms with Crippen LogP contribution in [-0.4, -0.2) is 25.3 Å². The Morgan fingerprint density at radius 2 is 2.00 bits per heavy atom. The summed E-state index contributed by atoms with van der Waals surface area (Å²) in [4.78, 5) is 3.68. The molecule has 2 N–H and O–H groups in total. The summed E-state index contributed by atoms with van der Waals surface area (Å²) in [5, 5.41) is 0. The van der Waals surface area contributed by atoms with Crippen LogP contribution < -0.4 is 5.73 Å². The number of hydrogen-bond acceptors (Lipinski definition) is 5. The molecule has 0 aliphatic rings. The summed E-state index contributed by atoms with van der Waals surface area (Å²) >= 11 is 0.680. The normalized spacial score (nSPS) is 13.1. The van der Waals surface area contributed by atoms with Gasteiger partial charge in [-0.3, -0.25) is 0 Å². The van der Waals surface area contributed by atoms with Crippen molar-refractivity contribution in [2.75, 3.05) is 11.5 Å². The van der Waals surface area contributed by atoms with Gasteiger partial charge in [-0.05, 0) is 18.2 Å². The molecule has 0 atom stereocenters. The van der Waals surface area contributed by atoms with Crippen molar-refractivity contribution in [2.24, 2.45) is 0 Å². The molecule has 0 radical (unpaired) electrons. The summed E-state index contributed by atoms with van der Waals surface area (Å²) in [7, 11) is -4.45. The number of sulfone groups is 1. The molecule has 0 amide bonds. The lowest BCUT2D eigenvalue weighted by atomic mass is 10.3. The zero-order valence-electron chi connectivity index (χ0n) is 8.73. The van der Waals surface area contributed by atoms with Crippen molar-refractivity contribution < 1.29 is 21.6 Å². The number of nitrogens with zero attached hydrogens (tertiary/aromatic N) is 1. The van der Waals surface area contributed by atoms with E-state index in [0.29, 0.717) is 27.2 Å². The highest BCUT2D eigenvalue weighted by Crippen LogP contribution is 2.30. The summed E-state index contributed by atoms with van der Waals surface area (Å²) in [6.45, 7) is 0. The molecule has 0 saturated heterocycles. The SMILES string of the molecule is Nc1ccc2nc(S(=O)(=O)CC(F)(F)F)sc2c1. The molecule has 0 aliphatic carbocycles. The topological polar surface area (TPSA) is 73.0 Å². The first-order valence-electron chi connectivity index (χ1n) is 4.63. The lowest BCUT2D eigenvalue weighted by Gasteiger charge is -2.04. The molecule has 18 heavy (non-hydrogen) atoms. The standard InChI is InChI=1S/C9H7F3N2O2S2/c10-9(11,12)4-18(15,16)8-14-6-2-1-5(13)3-7(6)17-8/h1-3H,4,13H2. The number of hydrogen-bond donors (Lipinski definition) is 1. The second-order valence-electron chi connectivity index (χ2n) is 3.58. The van der Waals surface area contributed by atoms with Gasteiger partial charge in [-0.2, -0.15) is 13.2 Å². The molecular weight excluding hydrogens is 289 g/mol. The second-order valence-corrected chi connectivity index (χ2v) is 6.78. The number of aromatic nitrogens is 1. The molecule has 0 saturated carbocycles. The fourth-order valence-electron chi connectivity index (χ4n) is 1.33. The second kappa shape index (κ2) is 4.09. The largest absolute Gasteiger partial charge is 0.403 e. The van der Waals surface area contributed by atoms with E-state index < -0.39 is 26.1 Å². The van der Waals surface area contributed by atoms with Crippen LogP contribution in [0.1, 0.15) is 0 Å². The molecule has 1 heterocycles. The molecule has 0 bridgehead atoms. The Bertz CT molecular complexity index is 691. The maximum absolute atomic E-state index is 12.1. The average Bonchev–Trinajstić information content (AvgIpc) is 2.57. The van der Waals surface area contributed by atoms with Gasteiger partial charge in [0.25, 0.3) is 0 Å². The van der Waals surface area contributed by atoms with Crippen LogP contribution in [0.2, 0.25) is 0 Å². The molecule has 0 spiro atoms. The summed E-state index contributed by atoms with van der Waals surface area (Å²) in [6.07, 6.45) is -4.78. The van der Waals surface area contributed by atoms with Gasteiger partial charge in [0.2, 0.25) is 14.2 Å². The van der Waals surface area contributed by atoms with Crippen LogP contribution in [0, 0.1) is 0 Å². The first-order valence-corrected chi connectivity index (χ1v) is 7.10.